The van der Waals surface area contributed by atoms with Gasteiger partial charge in [-0.25, -0.2) is 4.39 Å². The molecule has 1 aromatic carbocycles. The topological polar surface area (TPSA) is 62.0 Å². The van der Waals surface area contributed by atoms with Crippen LogP contribution in [0, 0.1) is 5.82 Å². The van der Waals surface area contributed by atoms with Crippen LogP contribution in [0.25, 0.3) is 0 Å². The third-order valence-electron chi connectivity index (χ3n) is 3.35. The second-order valence-corrected chi connectivity index (χ2v) is 5.89. The summed E-state index contributed by atoms with van der Waals surface area (Å²) in [7, 11) is 0. The highest BCUT2D eigenvalue weighted by Crippen LogP contribution is 2.26. The summed E-state index contributed by atoms with van der Waals surface area (Å²) in [5.74, 6) is -0.644. The summed E-state index contributed by atoms with van der Waals surface area (Å²) in [5, 5.41) is 4.83. The minimum absolute atomic E-state index is 0.269. The van der Waals surface area contributed by atoms with Gasteiger partial charge in [-0.1, -0.05) is 18.2 Å². The molecule has 0 aliphatic carbocycles. The molecular formula is C17H13FN2O2S. The quantitative estimate of drug-likeness (QED) is 0.773. The number of H-pyrrole nitrogens is 1. The molecule has 0 saturated heterocycles. The summed E-state index contributed by atoms with van der Waals surface area (Å²) in [5.41, 5.74) is 0.870. The molecule has 0 aliphatic heterocycles. The maximum Gasteiger partial charge on any atom is 0.253 e. The van der Waals surface area contributed by atoms with Gasteiger partial charge in [-0.3, -0.25) is 9.59 Å². The van der Waals surface area contributed by atoms with Crippen LogP contribution in [0.3, 0.4) is 0 Å². The van der Waals surface area contributed by atoms with Crippen molar-refractivity contribution in [1.29, 1.82) is 0 Å². The van der Waals surface area contributed by atoms with Crippen molar-refractivity contribution in [2.75, 3.05) is 0 Å². The molecule has 4 nitrogen and oxygen atoms in total. The lowest BCUT2D eigenvalue weighted by Crippen LogP contribution is -2.29. The van der Waals surface area contributed by atoms with Gasteiger partial charge in [0.15, 0.2) is 0 Å². The average molecular weight is 328 g/mol. The number of pyridine rings is 1. The zero-order valence-electron chi connectivity index (χ0n) is 12.0. The molecule has 2 heterocycles. The minimum Gasteiger partial charge on any atom is -0.340 e. The van der Waals surface area contributed by atoms with Gasteiger partial charge in [0, 0.05) is 17.1 Å². The lowest BCUT2D eigenvalue weighted by atomic mass is 10.0. The summed E-state index contributed by atoms with van der Waals surface area (Å²) < 4.78 is 13.1. The van der Waals surface area contributed by atoms with Gasteiger partial charge in [-0.05, 0) is 35.2 Å². The number of rotatable bonds is 4. The maximum atomic E-state index is 13.1. The van der Waals surface area contributed by atoms with Gasteiger partial charge in [0.2, 0.25) is 5.56 Å². The first kappa shape index (κ1) is 15.2. The molecule has 1 amide bonds. The number of carbonyl (C=O) groups excluding carboxylic acids is 1. The van der Waals surface area contributed by atoms with Gasteiger partial charge in [-0.15, -0.1) is 11.3 Å². The van der Waals surface area contributed by atoms with Crippen molar-refractivity contribution in [1.82, 2.24) is 10.3 Å². The van der Waals surface area contributed by atoms with Crippen LogP contribution in [0.4, 0.5) is 4.39 Å². The molecule has 0 radical (unpaired) electrons. The van der Waals surface area contributed by atoms with Crippen LogP contribution < -0.4 is 10.9 Å². The number of aromatic amines is 1. The van der Waals surface area contributed by atoms with Crippen molar-refractivity contribution in [3.63, 3.8) is 0 Å². The fourth-order valence-corrected chi connectivity index (χ4v) is 3.00. The SMILES string of the molecule is O=C(N[C@H](c1ccc(F)cc1)c1cccs1)c1ccc(=O)[nH]c1. The molecule has 0 fully saturated rings. The Morgan fingerprint density at radius 2 is 1.91 bits per heavy atom. The Labute approximate surface area is 135 Å². The molecule has 6 heteroatoms. The first-order valence-corrected chi connectivity index (χ1v) is 7.80. The first-order valence-electron chi connectivity index (χ1n) is 6.92. The van der Waals surface area contributed by atoms with Crippen molar-refractivity contribution in [3.05, 3.63) is 92.3 Å². The van der Waals surface area contributed by atoms with Gasteiger partial charge >= 0.3 is 0 Å². The Kier molecular flexibility index (Phi) is 4.34. The minimum atomic E-state index is -0.380. The number of thiophene rings is 1. The van der Waals surface area contributed by atoms with Crippen molar-refractivity contribution in [2.45, 2.75) is 6.04 Å². The molecule has 3 aromatic rings. The summed E-state index contributed by atoms with van der Waals surface area (Å²) in [6, 6.07) is 12.2. The Balaban J connectivity index is 1.90. The zero-order chi connectivity index (χ0) is 16.2. The second kappa shape index (κ2) is 6.58. The molecule has 1 atom stereocenters. The number of aromatic nitrogens is 1. The average Bonchev–Trinajstić information content (AvgIpc) is 3.08. The lowest BCUT2D eigenvalue weighted by Gasteiger charge is -2.18. The largest absolute Gasteiger partial charge is 0.340 e. The Morgan fingerprint density at radius 3 is 2.52 bits per heavy atom. The van der Waals surface area contributed by atoms with Crippen LogP contribution in [-0.4, -0.2) is 10.9 Å². The number of hydrogen-bond acceptors (Lipinski definition) is 3. The molecule has 0 saturated carbocycles. The molecule has 2 N–H and O–H groups in total. The number of amides is 1. The smallest absolute Gasteiger partial charge is 0.253 e. The van der Waals surface area contributed by atoms with Crippen LogP contribution >= 0.6 is 11.3 Å². The number of nitrogens with one attached hydrogen (secondary N) is 2. The van der Waals surface area contributed by atoms with Gasteiger partial charge in [-0.2, -0.15) is 0 Å². The fraction of sp³-hybridized carbons (Fsp3) is 0.0588. The number of halogens is 1. The molecule has 0 spiro atoms. The van der Waals surface area contributed by atoms with E-state index in [2.05, 4.69) is 10.3 Å². The fourth-order valence-electron chi connectivity index (χ4n) is 2.20. The van der Waals surface area contributed by atoms with Crippen molar-refractivity contribution in [2.24, 2.45) is 0 Å². The van der Waals surface area contributed by atoms with E-state index in [0.29, 0.717) is 5.56 Å². The summed E-state index contributed by atoms with van der Waals surface area (Å²) in [4.78, 5) is 26.9. The molecule has 23 heavy (non-hydrogen) atoms. The predicted molar refractivity (Wildman–Crippen MR) is 87.1 cm³/mol. The van der Waals surface area contributed by atoms with Crippen LogP contribution in [0.15, 0.2) is 64.9 Å². The summed E-state index contributed by atoms with van der Waals surface area (Å²) in [6.07, 6.45) is 1.37. The highest BCUT2D eigenvalue weighted by Gasteiger charge is 2.19. The van der Waals surface area contributed by atoms with Gasteiger partial charge < -0.3 is 10.3 Å². The maximum absolute atomic E-state index is 13.1. The summed E-state index contributed by atoms with van der Waals surface area (Å²) in [6.45, 7) is 0. The zero-order valence-corrected chi connectivity index (χ0v) is 12.8. The number of benzene rings is 1. The molecule has 0 aliphatic rings. The molecule has 0 unspecified atom stereocenters. The number of carbonyl (C=O) groups is 1. The van der Waals surface area contributed by atoms with E-state index < -0.39 is 0 Å². The van der Waals surface area contributed by atoms with E-state index in [0.717, 1.165) is 10.4 Å². The van der Waals surface area contributed by atoms with Crippen LogP contribution in [0.2, 0.25) is 0 Å². The second-order valence-electron chi connectivity index (χ2n) is 4.92. The van der Waals surface area contributed by atoms with Crippen molar-refractivity contribution >= 4 is 17.2 Å². The van der Waals surface area contributed by atoms with Gasteiger partial charge in [0.25, 0.3) is 5.91 Å². The van der Waals surface area contributed by atoms with Crippen LogP contribution in [0.1, 0.15) is 26.8 Å². The third kappa shape index (κ3) is 3.54. The van der Waals surface area contributed by atoms with E-state index in [1.807, 2.05) is 17.5 Å². The van der Waals surface area contributed by atoms with Gasteiger partial charge in [0.1, 0.15) is 5.82 Å². The van der Waals surface area contributed by atoms with Crippen molar-refractivity contribution in [3.8, 4) is 0 Å². The Hall–Kier alpha value is -2.73. The monoisotopic (exact) mass is 328 g/mol. The van der Waals surface area contributed by atoms with E-state index in [4.69, 9.17) is 0 Å². The van der Waals surface area contributed by atoms with Gasteiger partial charge in [0.05, 0.1) is 11.6 Å². The molecule has 116 valence electrons. The van der Waals surface area contributed by atoms with Crippen LogP contribution in [0.5, 0.6) is 0 Å². The van der Waals surface area contributed by atoms with E-state index in [1.165, 1.54) is 41.8 Å². The highest BCUT2D eigenvalue weighted by atomic mass is 32.1. The first-order chi connectivity index (χ1) is 11.1. The predicted octanol–water partition coefficient (Wildman–Crippen LogP) is 3.09. The Morgan fingerprint density at radius 1 is 1.13 bits per heavy atom. The van der Waals surface area contributed by atoms with E-state index in [9.17, 15) is 14.0 Å². The van der Waals surface area contributed by atoms with E-state index in [1.54, 1.807) is 12.1 Å². The Bertz CT molecular complexity index is 837. The standard InChI is InChI=1S/C17H13FN2O2S/c18-13-6-3-11(4-7-13)16(14-2-1-9-23-14)20-17(22)12-5-8-15(21)19-10-12/h1-10,16H,(H,19,21)(H,20,22)/t16-/m1/s1. The molecule has 2 aromatic heterocycles. The molecular weight excluding hydrogens is 315 g/mol. The van der Waals surface area contributed by atoms with E-state index in [-0.39, 0.29) is 23.3 Å². The van der Waals surface area contributed by atoms with Crippen LogP contribution in [-0.2, 0) is 0 Å². The third-order valence-corrected chi connectivity index (χ3v) is 4.29. The number of hydrogen-bond donors (Lipinski definition) is 2. The molecule has 0 bridgehead atoms. The van der Waals surface area contributed by atoms with E-state index >= 15 is 0 Å². The van der Waals surface area contributed by atoms with Crippen molar-refractivity contribution < 1.29 is 9.18 Å². The molecule has 3 rings (SSSR count). The lowest BCUT2D eigenvalue weighted by molar-refractivity contribution is 0.0943. The highest BCUT2D eigenvalue weighted by molar-refractivity contribution is 7.10. The normalized spacial score (nSPS) is 11.9. The summed E-state index contributed by atoms with van der Waals surface area (Å²) >= 11 is 1.50.